The van der Waals surface area contributed by atoms with Crippen molar-refractivity contribution in [1.29, 1.82) is 5.41 Å². The molecule has 1 aliphatic rings. The van der Waals surface area contributed by atoms with Gasteiger partial charge < -0.3 is 15.5 Å². The molecule has 1 aliphatic heterocycles. The van der Waals surface area contributed by atoms with Gasteiger partial charge in [0.25, 0.3) is 0 Å². The van der Waals surface area contributed by atoms with Crippen molar-refractivity contribution in [2.45, 2.75) is 38.6 Å². The van der Waals surface area contributed by atoms with Gasteiger partial charge in [0.15, 0.2) is 5.96 Å². The van der Waals surface area contributed by atoms with Crippen LogP contribution in [0.2, 0.25) is 0 Å². The van der Waals surface area contributed by atoms with Gasteiger partial charge in [-0.3, -0.25) is 5.41 Å². The highest BCUT2D eigenvalue weighted by Crippen LogP contribution is 2.08. The lowest BCUT2D eigenvalue weighted by Crippen LogP contribution is -2.36. The van der Waals surface area contributed by atoms with Crippen LogP contribution in [0.3, 0.4) is 0 Å². The molecule has 4 nitrogen and oxygen atoms in total. The summed E-state index contributed by atoms with van der Waals surface area (Å²) in [6, 6.07) is 10.2. The van der Waals surface area contributed by atoms with Gasteiger partial charge in [0.1, 0.15) is 0 Å². The van der Waals surface area contributed by atoms with Gasteiger partial charge in [0.05, 0.1) is 0 Å². The first kappa shape index (κ1) is 22.0. The van der Waals surface area contributed by atoms with E-state index in [-0.39, 0.29) is 24.8 Å². The zero-order valence-electron chi connectivity index (χ0n) is 13.7. The highest BCUT2D eigenvalue weighted by Gasteiger charge is 2.09. The molecule has 0 aliphatic carbocycles. The summed E-state index contributed by atoms with van der Waals surface area (Å²) in [4.78, 5) is 2.57. The highest BCUT2D eigenvalue weighted by atomic mass is 35.5. The molecule has 1 aromatic carbocycles. The second-order valence-corrected chi connectivity index (χ2v) is 5.75. The Morgan fingerprint density at radius 3 is 2.35 bits per heavy atom. The first-order valence-electron chi connectivity index (χ1n) is 8.17. The number of guanidine groups is 1. The predicted molar refractivity (Wildman–Crippen MR) is 103 cm³/mol. The predicted octanol–water partition coefficient (Wildman–Crippen LogP) is 3.41. The van der Waals surface area contributed by atoms with Gasteiger partial charge in [-0.25, -0.2) is 0 Å². The van der Waals surface area contributed by atoms with Gasteiger partial charge in [-0.15, -0.1) is 24.8 Å². The number of hydrogen-bond acceptors (Lipinski definition) is 2. The van der Waals surface area contributed by atoms with Crippen LogP contribution >= 0.6 is 24.8 Å². The monoisotopic (exact) mass is 360 g/mol. The summed E-state index contributed by atoms with van der Waals surface area (Å²) in [6.07, 6.45) is 6.43. The van der Waals surface area contributed by atoms with Crippen LogP contribution in [0.4, 0.5) is 0 Å². The Balaban J connectivity index is 0.00000242. The number of likely N-dealkylation sites (tertiary alicyclic amines) is 1. The fourth-order valence-electron chi connectivity index (χ4n) is 2.71. The Hall–Kier alpha value is -0.970. The van der Waals surface area contributed by atoms with Gasteiger partial charge in [-0.1, -0.05) is 36.8 Å². The Morgan fingerprint density at radius 2 is 1.65 bits per heavy atom. The van der Waals surface area contributed by atoms with E-state index in [0.29, 0.717) is 12.5 Å². The Bertz CT molecular complexity index is 408. The van der Waals surface area contributed by atoms with Crippen LogP contribution in [0, 0.1) is 5.41 Å². The van der Waals surface area contributed by atoms with E-state index in [9.17, 15) is 0 Å². The summed E-state index contributed by atoms with van der Waals surface area (Å²) in [6.45, 7) is 5.45. The minimum Gasteiger partial charge on any atom is -0.357 e. The third-order valence-electron chi connectivity index (χ3n) is 3.96. The minimum atomic E-state index is 0. The molecule has 0 bridgehead atoms. The van der Waals surface area contributed by atoms with Crippen molar-refractivity contribution in [2.24, 2.45) is 0 Å². The van der Waals surface area contributed by atoms with Crippen LogP contribution in [0.25, 0.3) is 0 Å². The fraction of sp³-hybridized carbons (Fsp3) is 0.588. The summed E-state index contributed by atoms with van der Waals surface area (Å²) in [5.41, 5.74) is 1.20. The van der Waals surface area contributed by atoms with Gasteiger partial charge in [-0.2, -0.15) is 0 Å². The van der Waals surface area contributed by atoms with Crippen LogP contribution in [-0.2, 0) is 6.54 Å². The molecule has 1 heterocycles. The van der Waals surface area contributed by atoms with Crippen LogP contribution in [0.5, 0.6) is 0 Å². The van der Waals surface area contributed by atoms with Crippen LogP contribution < -0.4 is 10.6 Å². The van der Waals surface area contributed by atoms with E-state index < -0.39 is 0 Å². The number of rotatable bonds is 8. The van der Waals surface area contributed by atoms with Crippen molar-refractivity contribution in [2.75, 3.05) is 26.2 Å². The smallest absolute Gasteiger partial charge is 0.188 e. The maximum Gasteiger partial charge on any atom is 0.188 e. The SMILES string of the molecule is Cl.Cl.N=C(NCCCCCN1CCCC1)NCc1ccccc1. The van der Waals surface area contributed by atoms with Crippen molar-refractivity contribution in [3.63, 3.8) is 0 Å². The van der Waals surface area contributed by atoms with E-state index in [2.05, 4.69) is 27.7 Å². The molecule has 6 heteroatoms. The molecular formula is C17H30Cl2N4. The maximum atomic E-state index is 7.82. The van der Waals surface area contributed by atoms with Gasteiger partial charge in [0.2, 0.25) is 0 Å². The number of nitrogens with zero attached hydrogens (tertiary/aromatic N) is 1. The number of unbranched alkanes of at least 4 members (excludes halogenated alkanes) is 2. The van der Waals surface area contributed by atoms with E-state index in [0.717, 1.165) is 13.0 Å². The van der Waals surface area contributed by atoms with Crippen molar-refractivity contribution in [3.05, 3.63) is 35.9 Å². The average molecular weight is 361 g/mol. The number of hydrogen-bond donors (Lipinski definition) is 3. The second-order valence-electron chi connectivity index (χ2n) is 5.75. The average Bonchev–Trinajstić information content (AvgIpc) is 3.03. The topological polar surface area (TPSA) is 51.2 Å². The summed E-state index contributed by atoms with van der Waals surface area (Å²) in [7, 11) is 0. The molecule has 0 spiro atoms. The molecule has 0 amide bonds. The molecule has 0 unspecified atom stereocenters. The van der Waals surface area contributed by atoms with Crippen LogP contribution in [0.1, 0.15) is 37.7 Å². The zero-order chi connectivity index (χ0) is 14.8. The van der Waals surface area contributed by atoms with Crippen molar-refractivity contribution >= 4 is 30.8 Å². The first-order valence-corrected chi connectivity index (χ1v) is 8.17. The lowest BCUT2D eigenvalue weighted by Gasteiger charge is -2.14. The quantitative estimate of drug-likeness (QED) is 0.378. The minimum absolute atomic E-state index is 0. The molecule has 1 aromatic rings. The van der Waals surface area contributed by atoms with Crippen molar-refractivity contribution in [3.8, 4) is 0 Å². The molecule has 1 fully saturated rings. The number of nitrogens with one attached hydrogen (secondary N) is 3. The second kappa shape index (κ2) is 13.5. The van der Waals surface area contributed by atoms with E-state index in [1.165, 1.54) is 50.9 Å². The van der Waals surface area contributed by atoms with E-state index in [1.807, 2.05) is 18.2 Å². The van der Waals surface area contributed by atoms with Gasteiger partial charge in [-0.05, 0) is 50.9 Å². The molecule has 2 rings (SSSR count). The van der Waals surface area contributed by atoms with Crippen LogP contribution in [-0.4, -0.2) is 37.0 Å². The van der Waals surface area contributed by atoms with E-state index in [4.69, 9.17) is 5.41 Å². The summed E-state index contributed by atoms with van der Waals surface area (Å²) in [5, 5.41) is 14.1. The zero-order valence-corrected chi connectivity index (χ0v) is 15.4. The molecule has 23 heavy (non-hydrogen) atoms. The third-order valence-corrected chi connectivity index (χ3v) is 3.96. The van der Waals surface area contributed by atoms with Crippen LogP contribution in [0.15, 0.2) is 30.3 Å². The Labute approximate surface area is 152 Å². The lowest BCUT2D eigenvalue weighted by atomic mass is 10.2. The Kier molecular flexibility index (Phi) is 12.9. The number of halogens is 2. The molecular weight excluding hydrogens is 331 g/mol. The molecule has 0 radical (unpaired) electrons. The molecule has 3 N–H and O–H groups in total. The first-order chi connectivity index (χ1) is 10.3. The number of benzene rings is 1. The summed E-state index contributed by atoms with van der Waals surface area (Å²) < 4.78 is 0. The Morgan fingerprint density at radius 1 is 0.957 bits per heavy atom. The van der Waals surface area contributed by atoms with Gasteiger partial charge in [0, 0.05) is 13.1 Å². The molecule has 0 saturated carbocycles. The van der Waals surface area contributed by atoms with E-state index in [1.54, 1.807) is 0 Å². The molecule has 1 saturated heterocycles. The molecule has 0 atom stereocenters. The molecule has 132 valence electrons. The standard InChI is InChI=1S/C17H28N4.2ClH/c18-17(20-15-16-9-3-1-4-10-16)19-11-5-2-6-12-21-13-7-8-14-21;;/h1,3-4,9-10H,2,5-8,11-15H2,(H3,18,19,20);2*1H. The largest absolute Gasteiger partial charge is 0.357 e. The normalized spacial score (nSPS) is 13.7. The highest BCUT2D eigenvalue weighted by molar-refractivity contribution is 5.85. The third kappa shape index (κ3) is 9.69. The fourth-order valence-corrected chi connectivity index (χ4v) is 2.71. The van der Waals surface area contributed by atoms with Crippen molar-refractivity contribution in [1.82, 2.24) is 15.5 Å². The molecule has 0 aromatic heterocycles. The van der Waals surface area contributed by atoms with E-state index >= 15 is 0 Å². The summed E-state index contributed by atoms with van der Waals surface area (Å²) in [5.74, 6) is 0.429. The summed E-state index contributed by atoms with van der Waals surface area (Å²) >= 11 is 0. The lowest BCUT2D eigenvalue weighted by molar-refractivity contribution is 0.328. The maximum absolute atomic E-state index is 7.82. The van der Waals surface area contributed by atoms with Crippen molar-refractivity contribution < 1.29 is 0 Å². The van der Waals surface area contributed by atoms with Gasteiger partial charge >= 0.3 is 0 Å².